The fraction of sp³-hybridized carbons (Fsp3) is 0.750. The molecule has 0 amide bonds. The standard InChI is InChI=1S/C12H22N4O2S/c1-2-16-12(7-8-14-16)19(17,18)15-11(9-13)10-5-3-4-6-10/h7-8,10-11,15H,2-6,9,13H2,1H3. The molecule has 1 aromatic heterocycles. The number of sulfonamides is 1. The number of nitrogens with two attached hydrogens (primary N) is 1. The van der Waals surface area contributed by atoms with E-state index in [2.05, 4.69) is 9.82 Å². The molecule has 0 radical (unpaired) electrons. The van der Waals surface area contributed by atoms with E-state index in [0.717, 1.165) is 25.7 Å². The van der Waals surface area contributed by atoms with E-state index < -0.39 is 10.0 Å². The molecule has 0 bridgehead atoms. The molecule has 7 heteroatoms. The zero-order valence-electron chi connectivity index (χ0n) is 11.2. The Labute approximate surface area is 114 Å². The Morgan fingerprint density at radius 3 is 2.79 bits per heavy atom. The summed E-state index contributed by atoms with van der Waals surface area (Å²) in [5.41, 5.74) is 5.73. The molecule has 1 aromatic rings. The van der Waals surface area contributed by atoms with Gasteiger partial charge < -0.3 is 5.73 Å². The van der Waals surface area contributed by atoms with Crippen LogP contribution in [0, 0.1) is 5.92 Å². The number of nitrogens with zero attached hydrogens (tertiary/aromatic N) is 2. The molecule has 1 fully saturated rings. The highest BCUT2D eigenvalue weighted by molar-refractivity contribution is 7.89. The molecule has 1 aliphatic carbocycles. The average Bonchev–Trinajstić information content (AvgIpc) is 3.06. The second-order valence-corrected chi connectivity index (χ2v) is 6.65. The third-order valence-corrected chi connectivity index (χ3v) is 5.29. The summed E-state index contributed by atoms with van der Waals surface area (Å²) in [6.45, 7) is 2.73. The van der Waals surface area contributed by atoms with E-state index in [1.807, 2.05) is 6.92 Å². The summed E-state index contributed by atoms with van der Waals surface area (Å²) in [5.74, 6) is 0.359. The van der Waals surface area contributed by atoms with E-state index in [1.165, 1.54) is 16.9 Å². The quantitative estimate of drug-likeness (QED) is 0.805. The first-order valence-corrected chi connectivity index (χ1v) is 8.31. The maximum Gasteiger partial charge on any atom is 0.258 e. The zero-order chi connectivity index (χ0) is 13.9. The summed E-state index contributed by atoms with van der Waals surface area (Å²) in [4.78, 5) is 0. The fourth-order valence-corrected chi connectivity index (χ4v) is 4.24. The minimum atomic E-state index is -3.54. The minimum Gasteiger partial charge on any atom is -0.329 e. The lowest BCUT2D eigenvalue weighted by molar-refractivity contribution is 0.403. The Hall–Kier alpha value is -0.920. The summed E-state index contributed by atoms with van der Waals surface area (Å²) in [6.07, 6.45) is 5.94. The van der Waals surface area contributed by atoms with Crippen LogP contribution in [0.2, 0.25) is 0 Å². The van der Waals surface area contributed by atoms with Gasteiger partial charge in [-0.2, -0.15) is 5.10 Å². The molecule has 19 heavy (non-hydrogen) atoms. The first kappa shape index (κ1) is 14.5. The molecule has 0 saturated heterocycles. The minimum absolute atomic E-state index is 0.173. The smallest absolute Gasteiger partial charge is 0.258 e. The van der Waals surface area contributed by atoms with Crippen LogP contribution in [-0.2, 0) is 16.6 Å². The zero-order valence-corrected chi connectivity index (χ0v) is 12.1. The van der Waals surface area contributed by atoms with Gasteiger partial charge in [0.25, 0.3) is 10.0 Å². The Morgan fingerprint density at radius 1 is 1.53 bits per heavy atom. The lowest BCUT2D eigenvalue weighted by Crippen LogP contribution is -2.45. The Bertz CT molecular complexity index is 506. The number of hydrogen-bond donors (Lipinski definition) is 2. The molecule has 2 rings (SSSR count). The Balaban J connectivity index is 2.15. The molecule has 1 atom stereocenters. The predicted molar refractivity (Wildman–Crippen MR) is 73.0 cm³/mol. The first-order chi connectivity index (χ1) is 9.08. The van der Waals surface area contributed by atoms with Crippen molar-refractivity contribution in [2.24, 2.45) is 11.7 Å². The van der Waals surface area contributed by atoms with E-state index in [1.54, 1.807) is 0 Å². The lowest BCUT2D eigenvalue weighted by Gasteiger charge is -2.23. The van der Waals surface area contributed by atoms with Crippen molar-refractivity contribution in [1.82, 2.24) is 14.5 Å². The molecule has 108 valence electrons. The van der Waals surface area contributed by atoms with Crippen molar-refractivity contribution in [3.8, 4) is 0 Å². The van der Waals surface area contributed by atoms with Crippen molar-refractivity contribution in [2.45, 2.75) is 50.2 Å². The van der Waals surface area contributed by atoms with Crippen LogP contribution in [0.4, 0.5) is 0 Å². The lowest BCUT2D eigenvalue weighted by atomic mass is 9.99. The van der Waals surface area contributed by atoms with Gasteiger partial charge in [0.05, 0.1) is 6.20 Å². The SMILES string of the molecule is CCn1nccc1S(=O)(=O)NC(CN)C1CCCC1. The molecule has 1 heterocycles. The van der Waals surface area contributed by atoms with E-state index >= 15 is 0 Å². The third-order valence-electron chi connectivity index (χ3n) is 3.78. The highest BCUT2D eigenvalue weighted by atomic mass is 32.2. The maximum absolute atomic E-state index is 12.4. The summed E-state index contributed by atoms with van der Waals surface area (Å²) in [6, 6.07) is 1.35. The highest BCUT2D eigenvalue weighted by Gasteiger charge is 2.29. The van der Waals surface area contributed by atoms with Crippen molar-refractivity contribution in [3.63, 3.8) is 0 Å². The number of aromatic nitrogens is 2. The fourth-order valence-electron chi connectivity index (χ4n) is 2.74. The van der Waals surface area contributed by atoms with Crippen LogP contribution < -0.4 is 10.5 Å². The molecule has 6 nitrogen and oxygen atoms in total. The average molecular weight is 286 g/mol. The van der Waals surface area contributed by atoms with Crippen LogP contribution in [0.5, 0.6) is 0 Å². The maximum atomic E-state index is 12.4. The molecule has 1 unspecified atom stereocenters. The van der Waals surface area contributed by atoms with Gasteiger partial charge in [-0.15, -0.1) is 0 Å². The van der Waals surface area contributed by atoms with E-state index in [4.69, 9.17) is 5.73 Å². The van der Waals surface area contributed by atoms with Gasteiger partial charge >= 0.3 is 0 Å². The predicted octanol–water partition coefficient (Wildman–Crippen LogP) is 0.699. The van der Waals surface area contributed by atoms with Gasteiger partial charge in [0.2, 0.25) is 0 Å². The van der Waals surface area contributed by atoms with Gasteiger partial charge in [0.1, 0.15) is 0 Å². The summed E-state index contributed by atoms with van der Waals surface area (Å²) >= 11 is 0. The van der Waals surface area contributed by atoms with Gasteiger partial charge in [-0.1, -0.05) is 12.8 Å². The molecule has 0 aromatic carbocycles. The Kier molecular flexibility index (Phi) is 4.59. The molecular formula is C12H22N4O2S. The molecule has 1 saturated carbocycles. The first-order valence-electron chi connectivity index (χ1n) is 6.82. The third kappa shape index (κ3) is 3.16. The van der Waals surface area contributed by atoms with Gasteiger partial charge in [0, 0.05) is 19.1 Å². The second-order valence-electron chi connectivity index (χ2n) is 4.99. The second kappa shape index (κ2) is 6.02. The van der Waals surface area contributed by atoms with E-state index in [9.17, 15) is 8.42 Å². The van der Waals surface area contributed by atoms with E-state index in [-0.39, 0.29) is 11.1 Å². The molecule has 0 aliphatic heterocycles. The van der Waals surface area contributed by atoms with Crippen LogP contribution in [0.1, 0.15) is 32.6 Å². The highest BCUT2D eigenvalue weighted by Crippen LogP contribution is 2.28. The summed E-state index contributed by atoms with van der Waals surface area (Å²) in [7, 11) is -3.54. The van der Waals surface area contributed by atoms with E-state index in [0.29, 0.717) is 19.0 Å². The molecular weight excluding hydrogens is 264 g/mol. The van der Waals surface area contributed by atoms with Crippen molar-refractivity contribution in [2.75, 3.05) is 6.54 Å². The number of hydrogen-bond acceptors (Lipinski definition) is 4. The monoisotopic (exact) mass is 286 g/mol. The van der Waals surface area contributed by atoms with Crippen LogP contribution >= 0.6 is 0 Å². The number of rotatable bonds is 6. The molecule has 0 spiro atoms. The van der Waals surface area contributed by atoms with Crippen molar-refractivity contribution < 1.29 is 8.42 Å². The van der Waals surface area contributed by atoms with Gasteiger partial charge in [0.15, 0.2) is 5.03 Å². The normalized spacial score (nSPS) is 18.8. The van der Waals surface area contributed by atoms with Crippen molar-refractivity contribution in [1.29, 1.82) is 0 Å². The molecule has 1 aliphatic rings. The van der Waals surface area contributed by atoms with Gasteiger partial charge in [-0.05, 0) is 31.7 Å². The van der Waals surface area contributed by atoms with Crippen LogP contribution in [0.25, 0.3) is 0 Å². The van der Waals surface area contributed by atoms with Crippen LogP contribution in [0.15, 0.2) is 17.3 Å². The summed E-state index contributed by atoms with van der Waals surface area (Å²) in [5, 5.41) is 4.21. The van der Waals surface area contributed by atoms with Gasteiger partial charge in [-0.25, -0.2) is 13.1 Å². The number of nitrogens with one attached hydrogen (secondary N) is 1. The van der Waals surface area contributed by atoms with Crippen LogP contribution in [0.3, 0.4) is 0 Å². The number of aryl methyl sites for hydroxylation is 1. The molecule has 3 N–H and O–H groups in total. The van der Waals surface area contributed by atoms with Crippen molar-refractivity contribution >= 4 is 10.0 Å². The Morgan fingerprint density at radius 2 is 2.21 bits per heavy atom. The largest absolute Gasteiger partial charge is 0.329 e. The topological polar surface area (TPSA) is 90.0 Å². The summed E-state index contributed by atoms with van der Waals surface area (Å²) < 4.78 is 29.0. The van der Waals surface area contributed by atoms with Gasteiger partial charge in [-0.3, -0.25) is 4.68 Å². The van der Waals surface area contributed by atoms with Crippen molar-refractivity contribution in [3.05, 3.63) is 12.3 Å². The van der Waals surface area contributed by atoms with Crippen LogP contribution in [-0.4, -0.2) is 30.8 Å².